The van der Waals surface area contributed by atoms with Crippen LogP contribution in [0.4, 0.5) is 10.1 Å². The molecule has 27 heavy (non-hydrogen) atoms. The molecule has 4 nitrogen and oxygen atoms in total. The monoisotopic (exact) mass is 382 g/mol. The predicted octanol–water partition coefficient (Wildman–Crippen LogP) is 4.88. The summed E-state index contributed by atoms with van der Waals surface area (Å²) < 4.78 is 19.0. The van der Waals surface area contributed by atoms with E-state index in [2.05, 4.69) is 4.98 Å². The van der Waals surface area contributed by atoms with Crippen LogP contribution in [-0.2, 0) is 11.3 Å². The Labute approximate surface area is 161 Å². The molecule has 0 saturated heterocycles. The number of aromatic nitrogens is 1. The van der Waals surface area contributed by atoms with E-state index in [1.54, 1.807) is 35.3 Å². The molecular weight excluding hydrogens is 363 g/mol. The van der Waals surface area contributed by atoms with E-state index in [1.165, 1.54) is 12.1 Å². The number of carbonyl (C=O) groups excluding carboxylic acids is 1. The molecule has 1 atom stereocenters. The molecule has 0 spiro atoms. The molecule has 6 heteroatoms. The summed E-state index contributed by atoms with van der Waals surface area (Å²) in [5.74, 6) is 0.255. The van der Waals surface area contributed by atoms with Gasteiger partial charge in [-0.2, -0.15) is 0 Å². The number of amides is 1. The van der Waals surface area contributed by atoms with Crippen LogP contribution in [0.2, 0.25) is 0 Å². The number of rotatable bonds is 3. The van der Waals surface area contributed by atoms with E-state index in [1.807, 2.05) is 32.0 Å². The van der Waals surface area contributed by atoms with Crippen LogP contribution in [0.5, 0.6) is 5.75 Å². The third-order valence-electron chi connectivity index (χ3n) is 4.60. The molecule has 2 aromatic carbocycles. The summed E-state index contributed by atoms with van der Waals surface area (Å²) in [6.07, 6.45) is -0.563. The number of aryl methyl sites for hydroxylation is 2. The summed E-state index contributed by atoms with van der Waals surface area (Å²) in [7, 11) is 0. The maximum Gasteiger partial charge on any atom is 0.268 e. The number of benzene rings is 2. The second-order valence-electron chi connectivity index (χ2n) is 6.63. The van der Waals surface area contributed by atoms with E-state index in [-0.39, 0.29) is 11.7 Å². The van der Waals surface area contributed by atoms with Gasteiger partial charge < -0.3 is 9.64 Å². The van der Waals surface area contributed by atoms with Crippen LogP contribution in [0.25, 0.3) is 11.3 Å². The van der Waals surface area contributed by atoms with Gasteiger partial charge in [0.2, 0.25) is 0 Å². The van der Waals surface area contributed by atoms with Gasteiger partial charge in [0.15, 0.2) is 6.10 Å². The van der Waals surface area contributed by atoms with Crippen molar-refractivity contribution < 1.29 is 13.9 Å². The molecule has 0 radical (unpaired) electrons. The highest BCUT2D eigenvalue weighted by molar-refractivity contribution is 7.11. The van der Waals surface area contributed by atoms with Crippen LogP contribution in [0.1, 0.15) is 22.4 Å². The molecule has 0 N–H and O–H groups in total. The number of carbonyl (C=O) groups is 1. The zero-order valence-electron chi connectivity index (χ0n) is 15.3. The Kier molecular flexibility index (Phi) is 4.44. The van der Waals surface area contributed by atoms with Crippen molar-refractivity contribution in [2.75, 3.05) is 4.90 Å². The highest BCUT2D eigenvalue weighted by atomic mass is 32.1. The molecule has 1 aliphatic heterocycles. The van der Waals surface area contributed by atoms with Gasteiger partial charge in [-0.25, -0.2) is 9.37 Å². The maximum atomic E-state index is 13.2. The van der Waals surface area contributed by atoms with Crippen LogP contribution in [0.3, 0.4) is 0 Å². The summed E-state index contributed by atoms with van der Waals surface area (Å²) in [4.78, 5) is 20.2. The van der Waals surface area contributed by atoms with Crippen molar-refractivity contribution in [3.63, 3.8) is 0 Å². The SMILES string of the molecule is Cc1nc(-c2ccc3c(c2)N(Cc2ccc(F)cc2)C(=O)C(C)O3)c(C)s1. The molecule has 3 aromatic rings. The van der Waals surface area contributed by atoms with Crippen LogP contribution in [0.15, 0.2) is 42.5 Å². The van der Waals surface area contributed by atoms with Crippen LogP contribution in [-0.4, -0.2) is 17.0 Å². The Bertz CT molecular complexity index is 1010. The number of ether oxygens (including phenoxy) is 1. The largest absolute Gasteiger partial charge is 0.479 e. The molecular formula is C21H19FN2O2S. The van der Waals surface area contributed by atoms with Gasteiger partial charge in [0.25, 0.3) is 5.91 Å². The smallest absolute Gasteiger partial charge is 0.268 e. The fraction of sp³-hybridized carbons (Fsp3) is 0.238. The van der Waals surface area contributed by atoms with Gasteiger partial charge in [-0.05, 0) is 56.7 Å². The lowest BCUT2D eigenvalue weighted by Crippen LogP contribution is -2.44. The fourth-order valence-electron chi connectivity index (χ4n) is 3.29. The van der Waals surface area contributed by atoms with E-state index in [0.717, 1.165) is 26.7 Å². The van der Waals surface area contributed by atoms with Crippen molar-refractivity contribution in [1.82, 2.24) is 4.98 Å². The van der Waals surface area contributed by atoms with Crippen molar-refractivity contribution in [3.05, 3.63) is 63.7 Å². The van der Waals surface area contributed by atoms with Crippen molar-refractivity contribution in [3.8, 4) is 17.0 Å². The van der Waals surface area contributed by atoms with Crippen molar-refractivity contribution in [1.29, 1.82) is 0 Å². The molecule has 0 saturated carbocycles. The Morgan fingerprint density at radius 3 is 2.59 bits per heavy atom. The maximum absolute atomic E-state index is 13.2. The van der Waals surface area contributed by atoms with E-state index in [9.17, 15) is 9.18 Å². The normalized spacial score (nSPS) is 16.2. The molecule has 0 aliphatic carbocycles. The summed E-state index contributed by atoms with van der Waals surface area (Å²) in [6.45, 7) is 6.12. The number of fused-ring (bicyclic) bond motifs is 1. The Morgan fingerprint density at radius 2 is 1.93 bits per heavy atom. The van der Waals surface area contributed by atoms with Gasteiger partial charge in [0.05, 0.1) is 22.9 Å². The van der Waals surface area contributed by atoms with Crippen molar-refractivity contribution >= 4 is 22.9 Å². The van der Waals surface area contributed by atoms with E-state index in [4.69, 9.17) is 4.74 Å². The highest BCUT2D eigenvalue weighted by Crippen LogP contribution is 2.39. The van der Waals surface area contributed by atoms with Gasteiger partial charge in [-0.15, -0.1) is 11.3 Å². The number of nitrogens with zero attached hydrogens (tertiary/aromatic N) is 2. The van der Waals surface area contributed by atoms with Crippen LogP contribution in [0, 0.1) is 19.7 Å². The molecule has 4 rings (SSSR count). The second kappa shape index (κ2) is 6.78. The average molecular weight is 382 g/mol. The standard InChI is InChI=1S/C21H19FN2O2S/c1-12-21(25)24(11-15-4-7-17(22)8-5-15)18-10-16(6-9-19(18)26-12)20-13(2)27-14(3)23-20/h4-10,12H,11H2,1-3H3. The molecule has 1 aliphatic rings. The molecule has 0 fully saturated rings. The number of thiazole rings is 1. The van der Waals surface area contributed by atoms with Crippen molar-refractivity contribution in [2.24, 2.45) is 0 Å². The minimum atomic E-state index is -0.563. The average Bonchev–Trinajstić information content (AvgIpc) is 2.98. The second-order valence-corrected chi connectivity index (χ2v) is 8.04. The number of halogens is 1. The first-order chi connectivity index (χ1) is 12.9. The minimum absolute atomic E-state index is 0.116. The Morgan fingerprint density at radius 1 is 1.19 bits per heavy atom. The summed E-state index contributed by atoms with van der Waals surface area (Å²) in [5.41, 5.74) is 3.44. The molecule has 138 valence electrons. The van der Waals surface area contributed by atoms with Gasteiger partial charge in [0.1, 0.15) is 11.6 Å². The number of hydrogen-bond acceptors (Lipinski definition) is 4. The Balaban J connectivity index is 1.76. The fourth-order valence-corrected chi connectivity index (χ4v) is 4.13. The zero-order chi connectivity index (χ0) is 19.1. The lowest BCUT2D eigenvalue weighted by Gasteiger charge is -2.33. The van der Waals surface area contributed by atoms with Crippen LogP contribution >= 0.6 is 11.3 Å². The van der Waals surface area contributed by atoms with Gasteiger partial charge in [-0.3, -0.25) is 4.79 Å². The first-order valence-corrected chi connectivity index (χ1v) is 9.55. The Hall–Kier alpha value is -2.73. The van der Waals surface area contributed by atoms with Crippen molar-refractivity contribution in [2.45, 2.75) is 33.4 Å². The molecule has 1 amide bonds. The summed E-state index contributed by atoms with van der Waals surface area (Å²) >= 11 is 1.65. The number of hydrogen-bond donors (Lipinski definition) is 0. The molecule has 1 aromatic heterocycles. The van der Waals surface area contributed by atoms with Gasteiger partial charge in [0, 0.05) is 10.4 Å². The summed E-state index contributed by atoms with van der Waals surface area (Å²) in [5, 5.41) is 1.00. The third kappa shape index (κ3) is 3.32. The van der Waals surface area contributed by atoms with Gasteiger partial charge in [-0.1, -0.05) is 12.1 Å². The minimum Gasteiger partial charge on any atom is -0.479 e. The van der Waals surface area contributed by atoms with E-state index in [0.29, 0.717) is 18.0 Å². The number of anilines is 1. The topological polar surface area (TPSA) is 42.4 Å². The zero-order valence-corrected chi connectivity index (χ0v) is 16.1. The lowest BCUT2D eigenvalue weighted by molar-refractivity contribution is -0.125. The van der Waals surface area contributed by atoms with E-state index >= 15 is 0 Å². The lowest BCUT2D eigenvalue weighted by atomic mass is 10.1. The molecule has 2 heterocycles. The quantitative estimate of drug-likeness (QED) is 0.648. The van der Waals surface area contributed by atoms with Crippen LogP contribution < -0.4 is 9.64 Å². The first-order valence-electron chi connectivity index (χ1n) is 8.73. The summed E-state index contributed by atoms with van der Waals surface area (Å²) in [6, 6.07) is 12.0. The van der Waals surface area contributed by atoms with E-state index < -0.39 is 6.10 Å². The highest BCUT2D eigenvalue weighted by Gasteiger charge is 2.32. The first kappa shape index (κ1) is 17.7. The molecule has 0 bridgehead atoms. The molecule has 1 unspecified atom stereocenters. The third-order valence-corrected chi connectivity index (χ3v) is 5.48. The van der Waals surface area contributed by atoms with Gasteiger partial charge >= 0.3 is 0 Å². The predicted molar refractivity (Wildman–Crippen MR) is 105 cm³/mol.